The fourth-order valence-electron chi connectivity index (χ4n) is 4.14. The number of halogens is 3. The van der Waals surface area contributed by atoms with Crippen molar-refractivity contribution in [3.8, 4) is 5.75 Å². The molecule has 4 rings (SSSR count). The summed E-state index contributed by atoms with van der Waals surface area (Å²) < 4.78 is 44.1. The molecule has 0 radical (unpaired) electrons. The predicted octanol–water partition coefficient (Wildman–Crippen LogP) is 3.67. The van der Waals surface area contributed by atoms with Gasteiger partial charge in [-0.15, -0.1) is 6.58 Å². The van der Waals surface area contributed by atoms with Gasteiger partial charge in [0.1, 0.15) is 23.5 Å². The summed E-state index contributed by atoms with van der Waals surface area (Å²) in [6.45, 7) is 7.33. The van der Waals surface area contributed by atoms with Crippen LogP contribution in [-0.2, 0) is 0 Å². The minimum Gasteiger partial charge on any atom is -0.488 e. The van der Waals surface area contributed by atoms with Gasteiger partial charge in [-0.1, -0.05) is 6.08 Å². The van der Waals surface area contributed by atoms with Crippen molar-refractivity contribution < 1.29 is 17.9 Å². The Balaban J connectivity index is 1.48. The van der Waals surface area contributed by atoms with Crippen molar-refractivity contribution in [1.29, 1.82) is 0 Å². The van der Waals surface area contributed by atoms with E-state index in [0.29, 0.717) is 42.4 Å². The number of benzene rings is 1. The Morgan fingerprint density at radius 1 is 1.26 bits per heavy atom. The van der Waals surface area contributed by atoms with E-state index >= 15 is 0 Å². The van der Waals surface area contributed by atoms with Gasteiger partial charge in [0, 0.05) is 49.5 Å². The maximum Gasteiger partial charge on any atom is 0.390 e. The average molecular weight is 477 g/mol. The van der Waals surface area contributed by atoms with Crippen LogP contribution in [0.25, 0.3) is 0 Å². The SMILES string of the molecule is C=CC1CN(c2cc(C(N)c3cc(OC4(C)CC4)ccc3N)ncn2)CCN1CCC(F)(F)F. The van der Waals surface area contributed by atoms with E-state index in [1.165, 1.54) is 6.33 Å². The third-order valence-corrected chi connectivity index (χ3v) is 6.52. The van der Waals surface area contributed by atoms with Crippen LogP contribution >= 0.6 is 0 Å². The fraction of sp³-hybridized carbons (Fsp3) is 0.500. The number of hydrogen-bond acceptors (Lipinski definition) is 7. The molecule has 34 heavy (non-hydrogen) atoms. The van der Waals surface area contributed by atoms with Crippen molar-refractivity contribution in [2.45, 2.75) is 50.0 Å². The van der Waals surface area contributed by atoms with Crippen LogP contribution in [0.5, 0.6) is 5.75 Å². The van der Waals surface area contributed by atoms with Gasteiger partial charge < -0.3 is 21.1 Å². The zero-order valence-corrected chi connectivity index (χ0v) is 19.3. The van der Waals surface area contributed by atoms with Crippen LogP contribution in [0.2, 0.25) is 0 Å². The first-order chi connectivity index (χ1) is 16.1. The van der Waals surface area contributed by atoms with Gasteiger partial charge >= 0.3 is 6.18 Å². The van der Waals surface area contributed by atoms with Crippen molar-refractivity contribution in [3.63, 3.8) is 0 Å². The van der Waals surface area contributed by atoms with Crippen LogP contribution in [0.3, 0.4) is 0 Å². The maximum absolute atomic E-state index is 12.7. The van der Waals surface area contributed by atoms with Crippen LogP contribution in [0.15, 0.2) is 43.2 Å². The molecule has 1 aliphatic carbocycles. The third-order valence-electron chi connectivity index (χ3n) is 6.52. The molecular weight excluding hydrogens is 445 g/mol. The molecule has 2 unspecified atom stereocenters. The summed E-state index contributed by atoms with van der Waals surface area (Å²) >= 11 is 0. The Labute approximate surface area is 197 Å². The second kappa shape index (κ2) is 9.42. The number of alkyl halides is 3. The van der Waals surface area contributed by atoms with Gasteiger partial charge in [-0.3, -0.25) is 4.90 Å². The summed E-state index contributed by atoms with van der Waals surface area (Å²) in [5, 5.41) is 0. The molecule has 2 aliphatic rings. The summed E-state index contributed by atoms with van der Waals surface area (Å²) in [7, 11) is 0. The number of piperazine rings is 1. The molecule has 2 aromatic rings. The lowest BCUT2D eigenvalue weighted by atomic mass is 10.0. The summed E-state index contributed by atoms with van der Waals surface area (Å²) in [6.07, 6.45) is 0.148. The lowest BCUT2D eigenvalue weighted by Crippen LogP contribution is -2.53. The first-order valence-corrected chi connectivity index (χ1v) is 11.4. The quantitative estimate of drug-likeness (QED) is 0.444. The van der Waals surface area contributed by atoms with Crippen molar-refractivity contribution in [2.75, 3.05) is 36.8 Å². The van der Waals surface area contributed by atoms with Crippen molar-refractivity contribution in [1.82, 2.24) is 14.9 Å². The molecule has 0 spiro atoms. The largest absolute Gasteiger partial charge is 0.488 e. The van der Waals surface area contributed by atoms with E-state index in [-0.39, 0.29) is 18.2 Å². The van der Waals surface area contributed by atoms with Crippen molar-refractivity contribution in [2.24, 2.45) is 5.73 Å². The van der Waals surface area contributed by atoms with Crippen LogP contribution in [0.1, 0.15) is 43.5 Å². The summed E-state index contributed by atoms with van der Waals surface area (Å²) in [4.78, 5) is 12.6. The standard InChI is InChI=1S/C24H31F3N6O/c1-3-16-14-33(11-10-32(16)9-8-24(25,26)27)21-13-20(30-15-31-21)22(29)18-12-17(4-5-19(18)28)34-23(2)6-7-23/h3-5,12-13,15-16,22H,1,6-11,14,28-29H2,2H3. The van der Waals surface area contributed by atoms with E-state index in [1.807, 2.05) is 23.1 Å². The van der Waals surface area contributed by atoms with E-state index in [1.54, 1.807) is 17.0 Å². The summed E-state index contributed by atoms with van der Waals surface area (Å²) in [5.41, 5.74) is 14.5. The third kappa shape index (κ3) is 5.79. The van der Waals surface area contributed by atoms with E-state index in [2.05, 4.69) is 23.5 Å². The number of nitrogen functional groups attached to an aromatic ring is 1. The second-order valence-electron chi connectivity index (χ2n) is 9.27. The van der Waals surface area contributed by atoms with Gasteiger partial charge in [-0.25, -0.2) is 9.97 Å². The number of anilines is 2. The van der Waals surface area contributed by atoms with Crippen LogP contribution in [-0.4, -0.2) is 58.9 Å². The number of nitrogens with two attached hydrogens (primary N) is 2. The highest BCUT2D eigenvalue weighted by Crippen LogP contribution is 2.40. The highest BCUT2D eigenvalue weighted by atomic mass is 19.4. The van der Waals surface area contributed by atoms with Crippen molar-refractivity contribution in [3.05, 3.63) is 54.5 Å². The Morgan fingerprint density at radius 2 is 2.03 bits per heavy atom. The molecule has 1 aromatic heterocycles. The van der Waals surface area contributed by atoms with Crippen LogP contribution < -0.4 is 21.1 Å². The Bertz CT molecular complexity index is 1030. The summed E-state index contributed by atoms with van der Waals surface area (Å²) in [6, 6.07) is 6.50. The van der Waals surface area contributed by atoms with Crippen LogP contribution in [0.4, 0.5) is 24.7 Å². The Kier molecular flexibility index (Phi) is 6.73. The van der Waals surface area contributed by atoms with Gasteiger partial charge in [0.15, 0.2) is 0 Å². The smallest absolute Gasteiger partial charge is 0.390 e. The molecule has 184 valence electrons. The molecular formula is C24H31F3N6O. The van der Waals surface area contributed by atoms with Gasteiger partial charge in [0.2, 0.25) is 0 Å². The molecule has 0 amide bonds. The van der Waals surface area contributed by atoms with Crippen molar-refractivity contribution >= 4 is 11.5 Å². The molecule has 1 aromatic carbocycles. The number of nitrogens with zero attached hydrogens (tertiary/aromatic N) is 4. The molecule has 2 heterocycles. The highest BCUT2D eigenvalue weighted by molar-refractivity contribution is 5.55. The Morgan fingerprint density at radius 3 is 2.71 bits per heavy atom. The first kappa shape index (κ1) is 24.3. The predicted molar refractivity (Wildman–Crippen MR) is 126 cm³/mol. The summed E-state index contributed by atoms with van der Waals surface area (Å²) in [5.74, 6) is 1.39. The number of aromatic nitrogens is 2. The molecule has 7 nitrogen and oxygen atoms in total. The topological polar surface area (TPSA) is 93.5 Å². The Hall–Kier alpha value is -2.85. The average Bonchev–Trinajstić information content (AvgIpc) is 3.54. The van der Waals surface area contributed by atoms with E-state index in [4.69, 9.17) is 16.2 Å². The second-order valence-corrected chi connectivity index (χ2v) is 9.27. The molecule has 2 fully saturated rings. The maximum atomic E-state index is 12.7. The fourth-order valence-corrected chi connectivity index (χ4v) is 4.14. The monoisotopic (exact) mass is 476 g/mol. The van der Waals surface area contributed by atoms with E-state index < -0.39 is 18.6 Å². The molecule has 1 aliphatic heterocycles. The molecule has 2 atom stereocenters. The number of ether oxygens (including phenoxy) is 1. The zero-order valence-electron chi connectivity index (χ0n) is 19.3. The molecule has 1 saturated heterocycles. The first-order valence-electron chi connectivity index (χ1n) is 11.4. The van der Waals surface area contributed by atoms with Crippen LogP contribution in [0, 0.1) is 0 Å². The van der Waals surface area contributed by atoms with Gasteiger partial charge in [0.25, 0.3) is 0 Å². The lowest BCUT2D eigenvalue weighted by Gasteiger charge is -2.40. The van der Waals surface area contributed by atoms with Gasteiger partial charge in [-0.2, -0.15) is 13.2 Å². The molecule has 0 bridgehead atoms. The van der Waals surface area contributed by atoms with Gasteiger partial charge in [-0.05, 0) is 38.0 Å². The number of hydrogen-bond donors (Lipinski definition) is 2. The van der Waals surface area contributed by atoms with Gasteiger partial charge in [0.05, 0.1) is 18.2 Å². The normalized spacial score (nSPS) is 21.2. The minimum absolute atomic E-state index is 0.0509. The minimum atomic E-state index is -4.18. The van der Waals surface area contributed by atoms with E-state index in [0.717, 1.165) is 18.6 Å². The highest BCUT2D eigenvalue weighted by Gasteiger charge is 2.40. The lowest BCUT2D eigenvalue weighted by molar-refractivity contribution is -0.138. The zero-order chi connectivity index (χ0) is 24.5. The molecule has 4 N–H and O–H groups in total. The molecule has 10 heteroatoms. The van der Waals surface area contributed by atoms with E-state index in [9.17, 15) is 13.2 Å². The molecule has 1 saturated carbocycles. The number of rotatable bonds is 8.